The van der Waals surface area contributed by atoms with Gasteiger partial charge in [-0.05, 0) is 11.6 Å². The van der Waals surface area contributed by atoms with E-state index in [0.29, 0.717) is 13.0 Å². The maximum Gasteiger partial charge on any atom is 0.271 e. The first kappa shape index (κ1) is 10.2. The number of rotatable bonds is 2. The van der Waals surface area contributed by atoms with Crippen LogP contribution in [-0.2, 0) is 0 Å². The van der Waals surface area contributed by atoms with Crippen LogP contribution in [0.5, 0.6) is 0 Å². The summed E-state index contributed by atoms with van der Waals surface area (Å²) in [6.07, 6.45) is 2.25. The maximum absolute atomic E-state index is 10.6. The third-order valence-electron chi connectivity index (χ3n) is 2.47. The molecule has 0 saturated heterocycles. The smallest absolute Gasteiger partial charge is 0.271 e. The van der Waals surface area contributed by atoms with Gasteiger partial charge in [-0.1, -0.05) is 6.08 Å². The third-order valence-corrected chi connectivity index (χ3v) is 2.47. The summed E-state index contributed by atoms with van der Waals surface area (Å²) in [5.41, 5.74) is 2.58. The van der Waals surface area contributed by atoms with Crippen LogP contribution in [0.2, 0.25) is 0 Å². The first-order valence-corrected chi connectivity index (χ1v) is 4.81. The van der Waals surface area contributed by atoms with Crippen molar-refractivity contribution in [2.24, 2.45) is 0 Å². The second-order valence-corrected chi connectivity index (χ2v) is 3.43. The van der Waals surface area contributed by atoms with E-state index in [1.165, 1.54) is 12.1 Å². The summed E-state index contributed by atoms with van der Waals surface area (Å²) in [7, 11) is 0. The number of nitrogens with one attached hydrogen (secondary N) is 1. The van der Waals surface area contributed by atoms with E-state index in [4.69, 9.17) is 5.26 Å². The predicted molar refractivity (Wildman–Crippen MR) is 59.8 cm³/mol. The van der Waals surface area contributed by atoms with Crippen molar-refractivity contribution < 1.29 is 4.92 Å². The van der Waals surface area contributed by atoms with Crippen LogP contribution in [-0.4, -0.2) is 11.5 Å². The lowest BCUT2D eigenvalue weighted by atomic mass is 9.98. The van der Waals surface area contributed by atoms with E-state index in [0.717, 1.165) is 16.8 Å². The van der Waals surface area contributed by atoms with E-state index in [9.17, 15) is 10.1 Å². The van der Waals surface area contributed by atoms with Crippen LogP contribution in [0.25, 0.3) is 5.57 Å². The number of hydrogen-bond donors (Lipinski definition) is 1. The van der Waals surface area contributed by atoms with Gasteiger partial charge < -0.3 is 5.32 Å². The van der Waals surface area contributed by atoms with Crippen molar-refractivity contribution in [3.63, 3.8) is 0 Å². The summed E-state index contributed by atoms with van der Waals surface area (Å²) >= 11 is 0. The lowest BCUT2D eigenvalue weighted by molar-refractivity contribution is -0.384. The van der Waals surface area contributed by atoms with Crippen LogP contribution < -0.4 is 5.32 Å². The highest BCUT2D eigenvalue weighted by Gasteiger charge is 2.15. The summed E-state index contributed by atoms with van der Waals surface area (Å²) < 4.78 is 0. The van der Waals surface area contributed by atoms with Gasteiger partial charge in [0.25, 0.3) is 5.69 Å². The van der Waals surface area contributed by atoms with Crippen LogP contribution in [0, 0.1) is 21.4 Å². The van der Waals surface area contributed by atoms with Crippen molar-refractivity contribution in [3.8, 4) is 6.07 Å². The van der Waals surface area contributed by atoms with Crippen LogP contribution in [0.3, 0.4) is 0 Å². The molecule has 0 unspecified atom stereocenters. The van der Waals surface area contributed by atoms with Crippen molar-refractivity contribution in [1.82, 2.24) is 0 Å². The maximum atomic E-state index is 10.6. The Balaban J connectivity index is 2.44. The van der Waals surface area contributed by atoms with Crippen molar-refractivity contribution >= 4 is 16.9 Å². The molecule has 0 fully saturated rings. The number of benzene rings is 1. The van der Waals surface area contributed by atoms with E-state index >= 15 is 0 Å². The van der Waals surface area contributed by atoms with Crippen LogP contribution in [0.1, 0.15) is 12.0 Å². The molecule has 2 rings (SSSR count). The standard InChI is InChI=1S/C11H9N3O2/c12-5-3-8-4-6-13-11-7-9(14(15)16)1-2-10(8)11/h1-2,4,7,13H,3,6H2. The van der Waals surface area contributed by atoms with Gasteiger partial charge in [0, 0.05) is 29.9 Å². The van der Waals surface area contributed by atoms with Crippen LogP contribution in [0.15, 0.2) is 24.3 Å². The molecule has 5 heteroatoms. The second-order valence-electron chi connectivity index (χ2n) is 3.43. The number of anilines is 1. The number of nitro benzene ring substituents is 1. The molecule has 16 heavy (non-hydrogen) atoms. The highest BCUT2D eigenvalue weighted by atomic mass is 16.6. The molecule has 0 aliphatic carbocycles. The van der Waals surface area contributed by atoms with Crippen LogP contribution >= 0.6 is 0 Å². The molecular formula is C11H9N3O2. The number of nitro groups is 1. The molecular weight excluding hydrogens is 206 g/mol. The quantitative estimate of drug-likeness (QED) is 0.606. The Morgan fingerprint density at radius 3 is 3.06 bits per heavy atom. The molecule has 0 atom stereocenters. The number of fused-ring (bicyclic) bond motifs is 1. The summed E-state index contributed by atoms with van der Waals surface area (Å²) in [5.74, 6) is 0. The summed E-state index contributed by atoms with van der Waals surface area (Å²) in [6.45, 7) is 0.602. The molecule has 0 amide bonds. The fourth-order valence-electron chi connectivity index (χ4n) is 1.72. The van der Waals surface area contributed by atoms with E-state index in [1.54, 1.807) is 6.07 Å². The third kappa shape index (κ3) is 1.73. The van der Waals surface area contributed by atoms with Gasteiger partial charge in [0.2, 0.25) is 0 Å². The minimum Gasteiger partial charge on any atom is -0.381 e. The van der Waals surface area contributed by atoms with Gasteiger partial charge in [-0.25, -0.2) is 0 Å². The lowest BCUT2D eigenvalue weighted by Crippen LogP contribution is -2.08. The zero-order chi connectivity index (χ0) is 11.5. The topological polar surface area (TPSA) is 79.0 Å². The van der Waals surface area contributed by atoms with Crippen LogP contribution in [0.4, 0.5) is 11.4 Å². The molecule has 1 aliphatic rings. The molecule has 80 valence electrons. The molecule has 1 N–H and O–H groups in total. The lowest BCUT2D eigenvalue weighted by Gasteiger charge is -2.17. The van der Waals surface area contributed by atoms with Gasteiger partial charge in [0.15, 0.2) is 0 Å². The monoisotopic (exact) mass is 215 g/mol. The molecule has 0 bridgehead atoms. The number of non-ortho nitro benzene ring substituents is 1. The fraction of sp³-hybridized carbons (Fsp3) is 0.182. The van der Waals surface area contributed by atoms with Gasteiger partial charge in [-0.15, -0.1) is 0 Å². The van der Waals surface area contributed by atoms with Crippen molar-refractivity contribution in [1.29, 1.82) is 5.26 Å². The van der Waals surface area contributed by atoms with Gasteiger partial charge in [-0.2, -0.15) is 5.26 Å². The normalized spacial score (nSPS) is 13.1. The summed E-state index contributed by atoms with van der Waals surface area (Å²) in [6, 6.07) is 6.72. The minimum absolute atomic E-state index is 0.0597. The average molecular weight is 215 g/mol. The Morgan fingerprint density at radius 1 is 1.56 bits per heavy atom. The highest BCUT2D eigenvalue weighted by molar-refractivity contribution is 5.81. The zero-order valence-corrected chi connectivity index (χ0v) is 8.43. The molecule has 1 aromatic rings. The largest absolute Gasteiger partial charge is 0.381 e. The molecule has 1 aliphatic heterocycles. The first-order valence-electron chi connectivity index (χ1n) is 4.81. The Labute approximate surface area is 92.2 Å². The number of nitrogens with zero attached hydrogens (tertiary/aromatic N) is 2. The summed E-state index contributed by atoms with van der Waals surface area (Å²) in [5, 5.41) is 22.3. The Bertz CT molecular complexity index is 514. The van der Waals surface area contributed by atoms with Crippen molar-refractivity contribution in [2.75, 3.05) is 11.9 Å². The average Bonchev–Trinajstić information content (AvgIpc) is 2.29. The van der Waals surface area contributed by atoms with Gasteiger partial charge in [0.1, 0.15) is 0 Å². The minimum atomic E-state index is -0.426. The van der Waals surface area contributed by atoms with E-state index < -0.39 is 4.92 Å². The SMILES string of the molecule is N#CCC1=CCNc2cc([N+](=O)[O-])ccc21. The molecule has 1 aromatic carbocycles. The molecule has 5 nitrogen and oxygen atoms in total. The Morgan fingerprint density at radius 2 is 2.38 bits per heavy atom. The Kier molecular flexibility index (Phi) is 2.56. The highest BCUT2D eigenvalue weighted by Crippen LogP contribution is 2.32. The number of nitriles is 1. The van der Waals surface area contributed by atoms with Crippen molar-refractivity contribution in [3.05, 3.63) is 40.0 Å². The second kappa shape index (κ2) is 4.03. The van der Waals surface area contributed by atoms with Gasteiger partial charge in [-0.3, -0.25) is 10.1 Å². The van der Waals surface area contributed by atoms with Crippen molar-refractivity contribution in [2.45, 2.75) is 6.42 Å². The summed E-state index contributed by atoms with van der Waals surface area (Å²) in [4.78, 5) is 10.2. The number of hydrogen-bond acceptors (Lipinski definition) is 4. The molecule has 0 spiro atoms. The van der Waals surface area contributed by atoms with Gasteiger partial charge in [0.05, 0.1) is 17.4 Å². The molecule has 0 saturated carbocycles. The Hall–Kier alpha value is -2.35. The fourth-order valence-corrected chi connectivity index (χ4v) is 1.72. The molecule has 0 radical (unpaired) electrons. The zero-order valence-electron chi connectivity index (χ0n) is 8.43. The first-order chi connectivity index (χ1) is 7.72. The van der Waals surface area contributed by atoms with E-state index in [2.05, 4.69) is 11.4 Å². The van der Waals surface area contributed by atoms with E-state index in [-0.39, 0.29) is 5.69 Å². The predicted octanol–water partition coefficient (Wildman–Crippen LogP) is 2.32. The van der Waals surface area contributed by atoms with E-state index in [1.807, 2.05) is 6.08 Å². The number of allylic oxidation sites excluding steroid dienone is 1. The van der Waals surface area contributed by atoms with Gasteiger partial charge >= 0.3 is 0 Å². The molecule has 0 aromatic heterocycles. The molecule has 1 heterocycles.